The zero-order valence-corrected chi connectivity index (χ0v) is 51.2. The first-order valence-corrected chi connectivity index (χ1v) is 34.8. The summed E-state index contributed by atoms with van der Waals surface area (Å²) in [5, 5.41) is 2.66. The lowest BCUT2D eigenvalue weighted by Gasteiger charge is -2.43. The van der Waals surface area contributed by atoms with Crippen LogP contribution in [0.2, 0.25) is 5.04 Å². The van der Waals surface area contributed by atoms with Crippen molar-refractivity contribution < 1.29 is 23.5 Å². The van der Waals surface area contributed by atoms with Gasteiger partial charge in [0.1, 0.15) is 12.2 Å². The van der Waals surface area contributed by atoms with Gasteiger partial charge in [-0.2, -0.15) is 23.5 Å². The second-order valence-corrected chi connectivity index (χ2v) is 28.9. The van der Waals surface area contributed by atoms with E-state index in [1.54, 1.807) is 0 Å². The van der Waals surface area contributed by atoms with Crippen LogP contribution in [-0.4, -0.2) is 86.6 Å². The number of hydrogen-bond donors (Lipinski definition) is 0. The SMILES string of the molecule is CCCCCCCCCC(=O)OC(CCCCCN(CCCCCC(CSCCCCC)OC(=O)CCCCCCCCC)CCCCO[Si](c1ccccc1)(c1ccccc1)C(C)(C)C)CSCCCCC. The number of nitrogens with zero attached hydrogens (tertiary/aromatic N) is 1. The number of ether oxygens (including phenoxy) is 2. The Morgan fingerprint density at radius 2 is 0.822 bits per heavy atom. The van der Waals surface area contributed by atoms with Crippen LogP contribution in [-0.2, 0) is 23.5 Å². The van der Waals surface area contributed by atoms with Gasteiger partial charge in [0.05, 0.1) is 0 Å². The van der Waals surface area contributed by atoms with Gasteiger partial charge >= 0.3 is 11.9 Å². The third-order valence-electron chi connectivity index (χ3n) is 14.6. The summed E-state index contributed by atoms with van der Waals surface area (Å²) in [5.41, 5.74) is 0. The van der Waals surface area contributed by atoms with Crippen LogP contribution in [0.25, 0.3) is 0 Å². The lowest BCUT2D eigenvalue weighted by Crippen LogP contribution is -2.66. The van der Waals surface area contributed by atoms with Crippen LogP contribution in [0.1, 0.15) is 254 Å². The molecule has 0 heterocycles. The molecule has 2 aromatic carbocycles. The molecule has 0 radical (unpaired) electrons. The largest absolute Gasteiger partial charge is 0.461 e. The molecule has 0 saturated carbocycles. The summed E-state index contributed by atoms with van der Waals surface area (Å²) in [6, 6.07) is 22.1. The first kappa shape index (κ1) is 67.3. The Morgan fingerprint density at radius 1 is 0.466 bits per heavy atom. The Kier molecular flexibility index (Phi) is 41.7. The van der Waals surface area contributed by atoms with E-state index in [4.69, 9.17) is 13.9 Å². The minimum atomic E-state index is -2.57. The van der Waals surface area contributed by atoms with Gasteiger partial charge in [0.2, 0.25) is 0 Å². The van der Waals surface area contributed by atoms with Crippen molar-refractivity contribution in [2.75, 3.05) is 49.3 Å². The minimum Gasteiger partial charge on any atom is -0.461 e. The van der Waals surface area contributed by atoms with Crippen LogP contribution < -0.4 is 10.4 Å². The van der Waals surface area contributed by atoms with Crippen LogP contribution in [0.5, 0.6) is 0 Å². The summed E-state index contributed by atoms with van der Waals surface area (Å²) in [6.07, 6.45) is 36.5. The van der Waals surface area contributed by atoms with Crippen LogP contribution in [0.4, 0.5) is 0 Å². The monoisotopic (exact) mass is 1070 g/mol. The number of benzene rings is 2. The van der Waals surface area contributed by atoms with Crippen LogP contribution in [0.3, 0.4) is 0 Å². The molecule has 0 saturated heterocycles. The standard InChI is InChI=1S/C64H113NO5S2Si/c1-8-12-16-18-20-22-34-48-62(66)69-58(56-71-54-40-14-10-3)42-28-26-36-50-65(52-38-39-53-68-73(64(5,6)7,60-44-30-24-31-45-60)61-46-32-25-33-47-61)51-37-27-29-43-59(57-72-55-41-15-11-4)70-63(67)49-35-23-21-19-17-13-9-2/h24-25,30-33,44-47,58-59H,8-23,26-29,34-43,48-57H2,1-7H3. The average molecular weight is 1070 g/mol. The van der Waals surface area contributed by atoms with Gasteiger partial charge in [-0.15, -0.1) is 0 Å². The summed E-state index contributed by atoms with van der Waals surface area (Å²) in [5.74, 6) is 4.17. The number of carbonyl (C=O) groups is 2. The molecule has 2 aromatic rings. The number of unbranched alkanes of at least 4 members (excludes halogenated alkanes) is 21. The van der Waals surface area contributed by atoms with Gasteiger partial charge < -0.3 is 18.8 Å². The van der Waals surface area contributed by atoms with Crippen LogP contribution in [0, 0.1) is 0 Å². The maximum Gasteiger partial charge on any atom is 0.306 e. The van der Waals surface area contributed by atoms with Gasteiger partial charge in [-0.05, 0) is 124 Å². The molecule has 0 aromatic heterocycles. The van der Waals surface area contributed by atoms with E-state index in [-0.39, 0.29) is 29.2 Å². The molecule has 9 heteroatoms. The van der Waals surface area contributed by atoms with E-state index in [2.05, 4.69) is 114 Å². The van der Waals surface area contributed by atoms with Crippen molar-refractivity contribution >= 4 is 54.2 Å². The van der Waals surface area contributed by atoms with Crippen molar-refractivity contribution in [1.82, 2.24) is 4.90 Å². The molecule has 2 rings (SSSR count). The quantitative estimate of drug-likeness (QED) is 0.0369. The fourth-order valence-electron chi connectivity index (χ4n) is 10.2. The Balaban J connectivity index is 2.05. The number of rotatable bonds is 50. The predicted molar refractivity (Wildman–Crippen MR) is 325 cm³/mol. The molecular weight excluding hydrogens is 955 g/mol. The average Bonchev–Trinajstić information content (AvgIpc) is 3.38. The van der Waals surface area contributed by atoms with E-state index >= 15 is 0 Å². The van der Waals surface area contributed by atoms with Crippen molar-refractivity contribution in [1.29, 1.82) is 0 Å². The fraction of sp³-hybridized carbons (Fsp3) is 0.781. The molecule has 0 aliphatic heterocycles. The topological polar surface area (TPSA) is 65.1 Å². The smallest absolute Gasteiger partial charge is 0.306 e. The highest BCUT2D eigenvalue weighted by atomic mass is 32.2. The first-order chi connectivity index (χ1) is 35.6. The summed E-state index contributed by atoms with van der Waals surface area (Å²) >= 11 is 3.95. The highest BCUT2D eigenvalue weighted by Crippen LogP contribution is 2.37. The Bertz CT molecular complexity index is 1460. The molecule has 420 valence electrons. The highest BCUT2D eigenvalue weighted by Gasteiger charge is 2.50. The van der Waals surface area contributed by atoms with Crippen molar-refractivity contribution in [2.45, 2.75) is 271 Å². The molecule has 0 amide bonds. The van der Waals surface area contributed by atoms with Gasteiger partial charge in [-0.25, -0.2) is 0 Å². The van der Waals surface area contributed by atoms with Crippen LogP contribution in [0.15, 0.2) is 60.7 Å². The molecule has 0 aliphatic rings. The second-order valence-electron chi connectivity index (χ2n) is 22.3. The van der Waals surface area contributed by atoms with Gasteiger partial charge in [0, 0.05) is 31.0 Å². The van der Waals surface area contributed by atoms with Crippen molar-refractivity contribution in [3.8, 4) is 0 Å². The van der Waals surface area contributed by atoms with E-state index in [1.807, 2.05) is 23.5 Å². The van der Waals surface area contributed by atoms with Crippen molar-refractivity contribution in [3.63, 3.8) is 0 Å². The van der Waals surface area contributed by atoms with Gasteiger partial charge in [0.15, 0.2) is 0 Å². The minimum absolute atomic E-state index is 0.0107. The number of esters is 2. The Labute approximate surface area is 461 Å². The molecule has 0 spiro atoms. The predicted octanol–water partition coefficient (Wildman–Crippen LogP) is 17.7. The lowest BCUT2D eigenvalue weighted by molar-refractivity contribution is -0.149. The van der Waals surface area contributed by atoms with E-state index in [0.717, 1.165) is 139 Å². The first-order valence-electron chi connectivity index (χ1n) is 30.6. The molecular formula is C64H113NO5S2Si. The third-order valence-corrected chi connectivity index (χ3v) is 22.0. The maximum absolute atomic E-state index is 13.0. The van der Waals surface area contributed by atoms with E-state index in [1.165, 1.54) is 113 Å². The summed E-state index contributed by atoms with van der Waals surface area (Å²) in [4.78, 5) is 28.8. The lowest BCUT2D eigenvalue weighted by atomic mass is 10.1. The normalized spacial score (nSPS) is 12.9. The Morgan fingerprint density at radius 3 is 1.22 bits per heavy atom. The van der Waals surface area contributed by atoms with Gasteiger partial charge in [0.25, 0.3) is 8.32 Å². The summed E-state index contributed by atoms with van der Waals surface area (Å²) < 4.78 is 19.7. The molecule has 2 unspecified atom stereocenters. The van der Waals surface area contributed by atoms with E-state index in [0.29, 0.717) is 12.8 Å². The second kappa shape index (κ2) is 45.3. The molecule has 0 fully saturated rings. The zero-order valence-electron chi connectivity index (χ0n) is 48.5. The molecule has 6 nitrogen and oxygen atoms in total. The van der Waals surface area contributed by atoms with Gasteiger partial charge in [-0.3, -0.25) is 9.59 Å². The van der Waals surface area contributed by atoms with Gasteiger partial charge in [-0.1, -0.05) is 225 Å². The molecule has 0 N–H and O–H groups in total. The van der Waals surface area contributed by atoms with E-state index < -0.39 is 8.32 Å². The zero-order chi connectivity index (χ0) is 52.9. The number of hydrogen-bond acceptors (Lipinski definition) is 8. The molecule has 2 atom stereocenters. The number of carbonyl (C=O) groups excluding carboxylic acids is 2. The van der Waals surface area contributed by atoms with Crippen molar-refractivity contribution in [2.24, 2.45) is 0 Å². The summed E-state index contributed by atoms with van der Waals surface area (Å²) in [7, 11) is -2.57. The van der Waals surface area contributed by atoms with Crippen molar-refractivity contribution in [3.05, 3.63) is 60.7 Å². The molecule has 0 aliphatic carbocycles. The highest BCUT2D eigenvalue weighted by molar-refractivity contribution is 7.99. The Hall–Kier alpha value is -1.78. The summed E-state index contributed by atoms with van der Waals surface area (Å²) in [6.45, 7) is 20.2. The fourth-order valence-corrected chi connectivity index (χ4v) is 16.9. The molecule has 73 heavy (non-hydrogen) atoms. The van der Waals surface area contributed by atoms with Crippen LogP contribution >= 0.6 is 23.5 Å². The maximum atomic E-state index is 13.0. The molecule has 0 bridgehead atoms. The third kappa shape index (κ3) is 32.5. The van der Waals surface area contributed by atoms with E-state index in [9.17, 15) is 9.59 Å². The number of thioether (sulfide) groups is 2.